The molecule has 1 aromatic heterocycles. The largest absolute Gasteiger partial charge is 0.368 e. The summed E-state index contributed by atoms with van der Waals surface area (Å²) in [6, 6.07) is 0. The first-order chi connectivity index (χ1) is 6.79. The molecule has 0 amide bonds. The maximum absolute atomic E-state index is 11.9. The first-order valence-corrected chi connectivity index (χ1v) is 4.99. The van der Waals surface area contributed by atoms with E-state index in [1.807, 2.05) is 0 Å². The lowest BCUT2D eigenvalue weighted by atomic mass is 9.89. The molecule has 0 aliphatic heterocycles. The maximum Gasteiger partial charge on any atom is 0.253 e. The third-order valence-corrected chi connectivity index (χ3v) is 2.74. The molecule has 0 radical (unpaired) electrons. The standard InChI is InChI=1S/C9H14N4O/c10-9-11-6-12-13(9)8(14)7-4-2-1-3-5-7/h6-7H,1-5H2,(H2,10,11,12). The fourth-order valence-corrected chi connectivity index (χ4v) is 1.94. The van der Waals surface area contributed by atoms with Crippen LogP contribution in [0.5, 0.6) is 0 Å². The quantitative estimate of drug-likeness (QED) is 0.726. The van der Waals surface area contributed by atoms with Crippen LogP contribution in [0.2, 0.25) is 0 Å². The van der Waals surface area contributed by atoms with Gasteiger partial charge in [0, 0.05) is 5.92 Å². The Morgan fingerprint density at radius 2 is 2.14 bits per heavy atom. The topological polar surface area (TPSA) is 73.8 Å². The molecule has 2 N–H and O–H groups in total. The fourth-order valence-electron chi connectivity index (χ4n) is 1.94. The number of rotatable bonds is 1. The second-order valence-corrected chi connectivity index (χ2v) is 3.70. The summed E-state index contributed by atoms with van der Waals surface area (Å²) in [7, 11) is 0. The van der Waals surface area contributed by atoms with Crippen molar-refractivity contribution in [2.24, 2.45) is 5.92 Å². The highest BCUT2D eigenvalue weighted by Gasteiger charge is 2.24. The average molecular weight is 194 g/mol. The van der Waals surface area contributed by atoms with Gasteiger partial charge in [-0.1, -0.05) is 19.3 Å². The van der Waals surface area contributed by atoms with Crippen LogP contribution < -0.4 is 5.73 Å². The number of nitrogens with two attached hydrogens (primary N) is 1. The molecule has 76 valence electrons. The van der Waals surface area contributed by atoms with Crippen LogP contribution in [0.15, 0.2) is 6.33 Å². The van der Waals surface area contributed by atoms with Gasteiger partial charge < -0.3 is 5.73 Å². The molecule has 5 heteroatoms. The Kier molecular flexibility index (Phi) is 2.47. The highest BCUT2D eigenvalue weighted by Crippen LogP contribution is 2.25. The zero-order valence-electron chi connectivity index (χ0n) is 8.02. The summed E-state index contributed by atoms with van der Waals surface area (Å²) >= 11 is 0. The highest BCUT2D eigenvalue weighted by atomic mass is 16.2. The van der Waals surface area contributed by atoms with E-state index in [1.54, 1.807) is 0 Å². The Morgan fingerprint density at radius 1 is 1.43 bits per heavy atom. The normalized spacial score (nSPS) is 18.3. The molecule has 0 saturated heterocycles. The van der Waals surface area contributed by atoms with E-state index < -0.39 is 0 Å². The minimum atomic E-state index is -0.000278. The van der Waals surface area contributed by atoms with Gasteiger partial charge in [0.05, 0.1) is 0 Å². The molecular formula is C9H14N4O. The van der Waals surface area contributed by atoms with Crippen LogP contribution in [0.3, 0.4) is 0 Å². The van der Waals surface area contributed by atoms with Gasteiger partial charge >= 0.3 is 0 Å². The molecule has 1 heterocycles. The van der Waals surface area contributed by atoms with Crippen molar-refractivity contribution in [3.05, 3.63) is 6.33 Å². The summed E-state index contributed by atoms with van der Waals surface area (Å²) in [5, 5.41) is 3.82. The molecule has 14 heavy (non-hydrogen) atoms. The van der Waals surface area contributed by atoms with Gasteiger partial charge in [-0.25, -0.2) is 0 Å². The van der Waals surface area contributed by atoms with Crippen molar-refractivity contribution in [2.45, 2.75) is 32.1 Å². The zero-order valence-corrected chi connectivity index (χ0v) is 8.02. The van der Waals surface area contributed by atoms with Crippen LogP contribution in [-0.2, 0) is 0 Å². The third kappa shape index (κ3) is 1.62. The van der Waals surface area contributed by atoms with Crippen molar-refractivity contribution in [3.8, 4) is 0 Å². The number of nitrogen functional groups attached to an aromatic ring is 1. The van der Waals surface area contributed by atoms with E-state index >= 15 is 0 Å². The van der Waals surface area contributed by atoms with Gasteiger partial charge in [0.15, 0.2) is 0 Å². The second-order valence-electron chi connectivity index (χ2n) is 3.70. The van der Waals surface area contributed by atoms with Gasteiger partial charge in [0.25, 0.3) is 5.91 Å². The smallest absolute Gasteiger partial charge is 0.253 e. The van der Waals surface area contributed by atoms with Crippen molar-refractivity contribution in [1.29, 1.82) is 0 Å². The van der Waals surface area contributed by atoms with Gasteiger partial charge in [-0.05, 0) is 12.8 Å². The van der Waals surface area contributed by atoms with Crippen molar-refractivity contribution in [1.82, 2.24) is 14.8 Å². The zero-order chi connectivity index (χ0) is 9.97. The summed E-state index contributed by atoms with van der Waals surface area (Å²) in [6.45, 7) is 0. The molecule has 5 nitrogen and oxygen atoms in total. The van der Waals surface area contributed by atoms with Crippen molar-refractivity contribution in [2.75, 3.05) is 5.73 Å². The summed E-state index contributed by atoms with van der Waals surface area (Å²) in [4.78, 5) is 15.6. The molecule has 1 aliphatic rings. The van der Waals surface area contributed by atoms with Crippen LogP contribution in [0.1, 0.15) is 36.9 Å². The van der Waals surface area contributed by atoms with Gasteiger partial charge in [0.2, 0.25) is 5.95 Å². The SMILES string of the molecule is Nc1ncnn1C(=O)C1CCCCC1. The number of aromatic nitrogens is 3. The molecule has 2 rings (SSSR count). The molecule has 0 spiro atoms. The molecule has 1 saturated carbocycles. The lowest BCUT2D eigenvalue weighted by molar-refractivity contribution is 0.0787. The average Bonchev–Trinajstić information content (AvgIpc) is 2.65. The number of carbonyl (C=O) groups is 1. The van der Waals surface area contributed by atoms with Crippen LogP contribution in [-0.4, -0.2) is 20.7 Å². The van der Waals surface area contributed by atoms with E-state index in [-0.39, 0.29) is 17.8 Å². The minimum absolute atomic E-state index is 0.000278. The summed E-state index contributed by atoms with van der Waals surface area (Å²) in [5.41, 5.74) is 5.52. The fraction of sp³-hybridized carbons (Fsp3) is 0.667. The van der Waals surface area contributed by atoms with E-state index in [0.29, 0.717) is 0 Å². The van der Waals surface area contributed by atoms with Gasteiger partial charge in [-0.3, -0.25) is 4.79 Å². The van der Waals surface area contributed by atoms with Crippen LogP contribution in [0.4, 0.5) is 5.95 Å². The van der Waals surface area contributed by atoms with Crippen molar-refractivity contribution in [3.63, 3.8) is 0 Å². The van der Waals surface area contributed by atoms with Gasteiger partial charge in [-0.15, -0.1) is 0 Å². The summed E-state index contributed by atoms with van der Waals surface area (Å²) in [6.07, 6.45) is 6.72. The molecule has 0 unspecified atom stereocenters. The molecule has 0 aromatic carbocycles. The lowest BCUT2D eigenvalue weighted by Gasteiger charge is -2.19. The van der Waals surface area contributed by atoms with Crippen molar-refractivity contribution >= 4 is 11.9 Å². The lowest BCUT2D eigenvalue weighted by Crippen LogP contribution is -2.25. The molecule has 0 atom stereocenters. The molecule has 1 aliphatic carbocycles. The number of carbonyl (C=O) groups excluding carboxylic acids is 1. The Bertz CT molecular complexity index is 327. The molecule has 1 fully saturated rings. The Hall–Kier alpha value is -1.39. The van der Waals surface area contributed by atoms with E-state index in [1.165, 1.54) is 17.4 Å². The summed E-state index contributed by atoms with van der Waals surface area (Å²) < 4.78 is 1.22. The molecular weight excluding hydrogens is 180 g/mol. The first-order valence-electron chi connectivity index (χ1n) is 4.99. The Labute approximate surface area is 82.3 Å². The first kappa shape index (κ1) is 9.18. The number of anilines is 1. The van der Waals surface area contributed by atoms with E-state index in [0.717, 1.165) is 25.7 Å². The van der Waals surface area contributed by atoms with Crippen LogP contribution in [0, 0.1) is 5.92 Å². The summed E-state index contributed by atoms with van der Waals surface area (Å²) in [5.74, 6) is 0.285. The third-order valence-electron chi connectivity index (χ3n) is 2.74. The van der Waals surface area contributed by atoms with Crippen LogP contribution in [0.25, 0.3) is 0 Å². The minimum Gasteiger partial charge on any atom is -0.368 e. The number of hydrogen-bond acceptors (Lipinski definition) is 4. The van der Waals surface area contributed by atoms with E-state index in [9.17, 15) is 4.79 Å². The van der Waals surface area contributed by atoms with E-state index in [2.05, 4.69) is 10.1 Å². The van der Waals surface area contributed by atoms with Gasteiger partial charge in [-0.2, -0.15) is 14.8 Å². The van der Waals surface area contributed by atoms with Crippen LogP contribution >= 0.6 is 0 Å². The van der Waals surface area contributed by atoms with Gasteiger partial charge in [0.1, 0.15) is 6.33 Å². The maximum atomic E-state index is 11.9. The van der Waals surface area contributed by atoms with Crippen molar-refractivity contribution < 1.29 is 4.79 Å². The number of hydrogen-bond donors (Lipinski definition) is 1. The molecule has 1 aromatic rings. The highest BCUT2D eigenvalue weighted by molar-refractivity contribution is 5.82. The predicted octanol–water partition coefficient (Wildman–Crippen LogP) is 1.08. The Morgan fingerprint density at radius 3 is 2.71 bits per heavy atom. The monoisotopic (exact) mass is 194 g/mol. The van der Waals surface area contributed by atoms with E-state index in [4.69, 9.17) is 5.73 Å². The Balaban J connectivity index is 2.11. The molecule has 0 bridgehead atoms. The second kappa shape index (κ2) is 3.77. The number of nitrogens with zero attached hydrogens (tertiary/aromatic N) is 3. The predicted molar refractivity (Wildman–Crippen MR) is 51.6 cm³/mol.